The fourth-order valence-electron chi connectivity index (χ4n) is 2.06. The number of carbonyl (C=O) groups excluding carboxylic acids is 1. The van der Waals surface area contributed by atoms with Crippen LogP contribution in [-0.2, 0) is 0 Å². The number of benzene rings is 1. The number of aliphatic hydroxyl groups is 1. The van der Waals surface area contributed by atoms with Gasteiger partial charge in [0.25, 0.3) is 11.6 Å². The molecule has 0 bridgehead atoms. The number of thioether (sulfide) groups is 1. The van der Waals surface area contributed by atoms with Gasteiger partial charge in [-0.25, -0.2) is 0 Å². The van der Waals surface area contributed by atoms with Gasteiger partial charge in [-0.1, -0.05) is 0 Å². The molecule has 1 amide bonds. The second-order valence-electron chi connectivity index (χ2n) is 4.80. The third-order valence-corrected chi connectivity index (χ3v) is 3.71. The summed E-state index contributed by atoms with van der Waals surface area (Å²) in [6.07, 6.45) is 1.84. The third-order valence-electron chi connectivity index (χ3n) is 2.98. The standard InChI is InChI=1S/C12H14N2O4S/c1-12(16)6-13(7-12)11(15)9-5-8(19-2)3-4-10(9)14(17)18/h3-5,16H,6-7H2,1-2H3. The number of carbonyl (C=O) groups is 1. The van der Waals surface area contributed by atoms with Crippen LogP contribution in [0.3, 0.4) is 0 Å². The Morgan fingerprint density at radius 3 is 2.63 bits per heavy atom. The average molecular weight is 282 g/mol. The first-order valence-electron chi connectivity index (χ1n) is 5.68. The van der Waals surface area contributed by atoms with E-state index in [4.69, 9.17) is 0 Å². The van der Waals surface area contributed by atoms with E-state index < -0.39 is 16.4 Å². The lowest BCUT2D eigenvalue weighted by Crippen LogP contribution is -2.61. The zero-order valence-electron chi connectivity index (χ0n) is 10.6. The van der Waals surface area contributed by atoms with Crippen molar-refractivity contribution in [2.24, 2.45) is 0 Å². The van der Waals surface area contributed by atoms with Crippen LogP contribution in [0, 0.1) is 10.1 Å². The van der Waals surface area contributed by atoms with Crippen LogP contribution in [-0.4, -0.2) is 45.8 Å². The van der Waals surface area contributed by atoms with Gasteiger partial charge in [-0.3, -0.25) is 14.9 Å². The van der Waals surface area contributed by atoms with Crippen LogP contribution >= 0.6 is 11.8 Å². The smallest absolute Gasteiger partial charge is 0.282 e. The summed E-state index contributed by atoms with van der Waals surface area (Å²) in [5, 5.41) is 20.6. The molecule has 0 aromatic heterocycles. The van der Waals surface area contributed by atoms with Crippen LogP contribution in [0.15, 0.2) is 23.1 Å². The summed E-state index contributed by atoms with van der Waals surface area (Å²) in [4.78, 5) is 24.8. The van der Waals surface area contributed by atoms with E-state index in [1.54, 1.807) is 13.0 Å². The van der Waals surface area contributed by atoms with E-state index in [0.29, 0.717) is 0 Å². The van der Waals surface area contributed by atoms with Gasteiger partial charge in [0.1, 0.15) is 5.56 Å². The number of nitro groups is 1. The second-order valence-corrected chi connectivity index (χ2v) is 5.68. The molecule has 0 unspecified atom stereocenters. The van der Waals surface area contributed by atoms with Crippen LogP contribution < -0.4 is 0 Å². The average Bonchev–Trinajstić information content (AvgIpc) is 2.34. The van der Waals surface area contributed by atoms with Crippen molar-refractivity contribution in [1.29, 1.82) is 0 Å². The van der Waals surface area contributed by atoms with E-state index in [2.05, 4.69) is 0 Å². The number of rotatable bonds is 3. The van der Waals surface area contributed by atoms with Crippen LogP contribution in [0.1, 0.15) is 17.3 Å². The van der Waals surface area contributed by atoms with Gasteiger partial charge in [-0.15, -0.1) is 11.8 Å². The van der Waals surface area contributed by atoms with E-state index in [1.807, 2.05) is 6.26 Å². The first kappa shape index (κ1) is 13.8. The molecule has 0 saturated carbocycles. The summed E-state index contributed by atoms with van der Waals surface area (Å²) in [5.41, 5.74) is -1.01. The van der Waals surface area contributed by atoms with Crippen molar-refractivity contribution in [3.05, 3.63) is 33.9 Å². The molecule has 1 fully saturated rings. The van der Waals surface area contributed by atoms with E-state index in [9.17, 15) is 20.0 Å². The third kappa shape index (κ3) is 2.71. The summed E-state index contributed by atoms with van der Waals surface area (Å²) >= 11 is 1.42. The summed E-state index contributed by atoms with van der Waals surface area (Å²) in [7, 11) is 0. The molecule has 1 heterocycles. The fourth-order valence-corrected chi connectivity index (χ4v) is 2.50. The molecule has 7 heteroatoms. The number of β-amino-alcohol motifs (C(OH)–C–C–N with tert-alkyl or cyclic N) is 1. The monoisotopic (exact) mass is 282 g/mol. The molecule has 0 aliphatic carbocycles. The largest absolute Gasteiger partial charge is 0.386 e. The maximum atomic E-state index is 12.2. The number of hydrogen-bond donors (Lipinski definition) is 1. The van der Waals surface area contributed by atoms with Crippen molar-refractivity contribution in [3.63, 3.8) is 0 Å². The van der Waals surface area contributed by atoms with Gasteiger partial charge >= 0.3 is 0 Å². The molecule has 0 atom stereocenters. The quantitative estimate of drug-likeness (QED) is 0.516. The molecule has 1 aromatic carbocycles. The van der Waals surface area contributed by atoms with Crippen molar-refractivity contribution in [2.75, 3.05) is 19.3 Å². The van der Waals surface area contributed by atoms with Crippen molar-refractivity contribution < 1.29 is 14.8 Å². The highest BCUT2D eigenvalue weighted by Gasteiger charge is 2.41. The number of nitrogens with zero attached hydrogens (tertiary/aromatic N) is 2. The zero-order chi connectivity index (χ0) is 14.2. The Labute approximate surface area is 114 Å². The van der Waals surface area contributed by atoms with Crippen LogP contribution in [0.5, 0.6) is 0 Å². The predicted octanol–water partition coefficient (Wildman–Crippen LogP) is 1.52. The fraction of sp³-hybridized carbons (Fsp3) is 0.417. The Bertz CT molecular complexity index is 537. The van der Waals surface area contributed by atoms with Crippen LogP contribution in [0.4, 0.5) is 5.69 Å². The molecule has 0 radical (unpaired) electrons. The number of amides is 1. The number of likely N-dealkylation sites (tertiary alicyclic amines) is 1. The summed E-state index contributed by atoms with van der Waals surface area (Å²) in [5.74, 6) is -0.408. The van der Waals surface area contributed by atoms with E-state index in [-0.39, 0.29) is 24.3 Å². The first-order chi connectivity index (χ1) is 8.84. The molecule has 6 nitrogen and oxygen atoms in total. The zero-order valence-corrected chi connectivity index (χ0v) is 11.4. The SMILES string of the molecule is CSc1ccc([N+](=O)[O-])c(C(=O)N2CC(C)(O)C2)c1. The Hall–Kier alpha value is -1.60. The highest BCUT2D eigenvalue weighted by Crippen LogP contribution is 2.29. The number of hydrogen-bond acceptors (Lipinski definition) is 5. The highest BCUT2D eigenvalue weighted by atomic mass is 32.2. The maximum absolute atomic E-state index is 12.2. The molecule has 1 saturated heterocycles. The Morgan fingerprint density at radius 2 is 2.16 bits per heavy atom. The lowest BCUT2D eigenvalue weighted by Gasteiger charge is -2.44. The van der Waals surface area contributed by atoms with Crippen molar-refractivity contribution in [2.45, 2.75) is 17.4 Å². The summed E-state index contributed by atoms with van der Waals surface area (Å²) in [6.45, 7) is 2.03. The number of nitro benzene ring substituents is 1. The Balaban J connectivity index is 2.32. The van der Waals surface area contributed by atoms with E-state index >= 15 is 0 Å². The van der Waals surface area contributed by atoms with Gasteiger partial charge in [0, 0.05) is 11.0 Å². The van der Waals surface area contributed by atoms with Crippen molar-refractivity contribution >= 4 is 23.4 Å². The lowest BCUT2D eigenvalue weighted by atomic mass is 9.95. The predicted molar refractivity (Wildman–Crippen MR) is 71.4 cm³/mol. The minimum absolute atomic E-state index is 0.0763. The minimum atomic E-state index is -0.887. The van der Waals surface area contributed by atoms with E-state index in [0.717, 1.165) is 4.90 Å². The van der Waals surface area contributed by atoms with Crippen molar-refractivity contribution in [1.82, 2.24) is 4.90 Å². The molecule has 2 rings (SSSR count). The Morgan fingerprint density at radius 1 is 1.53 bits per heavy atom. The van der Waals surface area contributed by atoms with Crippen molar-refractivity contribution in [3.8, 4) is 0 Å². The van der Waals surface area contributed by atoms with E-state index in [1.165, 1.54) is 28.8 Å². The lowest BCUT2D eigenvalue weighted by molar-refractivity contribution is -0.385. The molecule has 1 N–H and O–H groups in total. The first-order valence-corrected chi connectivity index (χ1v) is 6.90. The maximum Gasteiger partial charge on any atom is 0.282 e. The minimum Gasteiger partial charge on any atom is -0.386 e. The molecule has 1 aromatic rings. The summed E-state index contributed by atoms with van der Waals surface area (Å²) < 4.78 is 0. The topological polar surface area (TPSA) is 83.7 Å². The Kier molecular flexibility index (Phi) is 3.51. The van der Waals surface area contributed by atoms with Gasteiger partial charge in [0.15, 0.2) is 0 Å². The van der Waals surface area contributed by atoms with Gasteiger partial charge in [-0.2, -0.15) is 0 Å². The molecular weight excluding hydrogens is 268 g/mol. The summed E-state index contributed by atoms with van der Waals surface area (Å²) in [6, 6.07) is 4.49. The van der Waals surface area contributed by atoms with Gasteiger partial charge in [0.2, 0.25) is 0 Å². The van der Waals surface area contributed by atoms with Gasteiger partial charge in [-0.05, 0) is 25.3 Å². The van der Waals surface area contributed by atoms with Gasteiger partial charge in [0.05, 0.1) is 23.6 Å². The normalized spacial score (nSPS) is 16.9. The second kappa shape index (κ2) is 4.82. The molecule has 0 spiro atoms. The molecule has 19 heavy (non-hydrogen) atoms. The molecular formula is C12H14N2O4S. The molecule has 102 valence electrons. The van der Waals surface area contributed by atoms with Crippen LogP contribution in [0.25, 0.3) is 0 Å². The highest BCUT2D eigenvalue weighted by molar-refractivity contribution is 7.98. The molecule has 1 aliphatic heterocycles. The molecule has 1 aliphatic rings. The van der Waals surface area contributed by atoms with Gasteiger partial charge < -0.3 is 10.0 Å². The van der Waals surface area contributed by atoms with Crippen LogP contribution in [0.2, 0.25) is 0 Å².